The van der Waals surface area contributed by atoms with Crippen molar-refractivity contribution in [2.45, 2.75) is 19.9 Å². The summed E-state index contributed by atoms with van der Waals surface area (Å²) in [7, 11) is 3.09. The van der Waals surface area contributed by atoms with Crippen molar-refractivity contribution < 1.29 is 33.6 Å². The van der Waals surface area contributed by atoms with Crippen molar-refractivity contribution in [3.8, 4) is 0 Å². The fraction of sp³-hybridized carbons (Fsp3) is 0.458. The van der Waals surface area contributed by atoms with E-state index >= 15 is 0 Å². The van der Waals surface area contributed by atoms with E-state index in [1.165, 1.54) is 9.80 Å². The SMILES string of the molecule is CCN(C[C@H](C)C(=O)NCC(=O)C(=O)NCC(=O)N[C@H](C(=O)N(C)C)c1ccccc1)C(=O)CNC=O. The van der Waals surface area contributed by atoms with Gasteiger partial charge in [0.05, 0.1) is 25.6 Å². The number of benzene rings is 1. The Morgan fingerprint density at radius 3 is 2.16 bits per heavy atom. The molecule has 4 N–H and O–H groups in total. The van der Waals surface area contributed by atoms with Gasteiger partial charge in [0.15, 0.2) is 0 Å². The lowest BCUT2D eigenvalue weighted by Crippen LogP contribution is -2.47. The minimum absolute atomic E-state index is 0.0521. The van der Waals surface area contributed by atoms with E-state index in [2.05, 4.69) is 21.3 Å². The molecule has 0 unspecified atom stereocenters. The largest absolute Gasteiger partial charge is 0.350 e. The zero-order valence-electron chi connectivity index (χ0n) is 21.4. The number of amides is 6. The van der Waals surface area contributed by atoms with Crippen LogP contribution in [0.15, 0.2) is 30.3 Å². The summed E-state index contributed by atoms with van der Waals surface area (Å²) in [5, 5.41) is 9.30. The molecule has 0 spiro atoms. The van der Waals surface area contributed by atoms with Gasteiger partial charge in [-0.2, -0.15) is 0 Å². The molecule has 0 aliphatic heterocycles. The molecular formula is C24H34N6O7. The lowest BCUT2D eigenvalue weighted by atomic mass is 10.1. The zero-order chi connectivity index (χ0) is 28.0. The van der Waals surface area contributed by atoms with Gasteiger partial charge in [-0.25, -0.2) is 0 Å². The zero-order valence-corrected chi connectivity index (χ0v) is 21.4. The minimum Gasteiger partial charge on any atom is -0.350 e. The molecule has 0 bridgehead atoms. The van der Waals surface area contributed by atoms with Crippen LogP contribution in [0.2, 0.25) is 0 Å². The average Bonchev–Trinajstić information content (AvgIpc) is 2.89. The van der Waals surface area contributed by atoms with Crippen molar-refractivity contribution in [2.75, 3.05) is 46.8 Å². The number of nitrogens with zero attached hydrogens (tertiary/aromatic N) is 2. The van der Waals surface area contributed by atoms with Crippen LogP contribution in [0.5, 0.6) is 0 Å². The van der Waals surface area contributed by atoms with E-state index in [1.54, 1.807) is 58.3 Å². The maximum atomic E-state index is 12.5. The fourth-order valence-corrected chi connectivity index (χ4v) is 3.15. The van der Waals surface area contributed by atoms with E-state index in [-0.39, 0.29) is 24.9 Å². The third kappa shape index (κ3) is 10.5. The van der Waals surface area contributed by atoms with E-state index in [1.807, 2.05) is 0 Å². The molecule has 0 saturated heterocycles. The Balaban J connectivity index is 2.55. The molecule has 1 rings (SSSR count). The first kappa shape index (κ1) is 30.7. The second-order valence-electron chi connectivity index (χ2n) is 8.30. The summed E-state index contributed by atoms with van der Waals surface area (Å²) in [5.74, 6) is -4.73. The molecule has 0 aliphatic rings. The molecule has 0 heterocycles. The number of likely N-dealkylation sites (N-methyl/N-ethyl adjacent to an activating group) is 2. The highest BCUT2D eigenvalue weighted by Gasteiger charge is 2.25. The quantitative estimate of drug-likeness (QED) is 0.153. The van der Waals surface area contributed by atoms with Crippen molar-refractivity contribution in [3.05, 3.63) is 35.9 Å². The van der Waals surface area contributed by atoms with Gasteiger partial charge < -0.3 is 31.1 Å². The number of Topliss-reactive ketones (excluding diaryl/α,β-unsaturated/α-hetero) is 1. The number of hydrogen-bond donors (Lipinski definition) is 4. The highest BCUT2D eigenvalue weighted by Crippen LogP contribution is 2.14. The number of ketones is 1. The highest BCUT2D eigenvalue weighted by atomic mass is 16.2. The standard InChI is InChI=1S/C24H34N6O7/c1-5-30(20(34)13-25-15-31)14-16(2)22(35)26-11-18(32)23(36)27-12-19(33)28-21(24(37)29(3)4)17-9-7-6-8-10-17/h6-10,15-16,21H,5,11-14H2,1-4H3,(H,25,31)(H,26,35)(H,27,36)(H,28,33)/t16-,21-/m0/s1. The number of hydrogen-bond acceptors (Lipinski definition) is 7. The van der Waals surface area contributed by atoms with Gasteiger partial charge in [0.1, 0.15) is 6.04 Å². The molecule has 0 saturated carbocycles. The van der Waals surface area contributed by atoms with Crippen molar-refractivity contribution in [1.29, 1.82) is 0 Å². The predicted molar refractivity (Wildman–Crippen MR) is 133 cm³/mol. The molecule has 2 atom stereocenters. The predicted octanol–water partition coefficient (Wildman–Crippen LogP) is -2.04. The van der Waals surface area contributed by atoms with Crippen LogP contribution in [-0.2, 0) is 33.6 Å². The molecule has 0 aromatic heterocycles. The van der Waals surface area contributed by atoms with Crippen LogP contribution in [0.3, 0.4) is 0 Å². The summed E-state index contributed by atoms with van der Waals surface area (Å²) in [6.45, 7) is 2.27. The highest BCUT2D eigenvalue weighted by molar-refractivity contribution is 6.37. The molecule has 13 nitrogen and oxygen atoms in total. The van der Waals surface area contributed by atoms with Crippen molar-refractivity contribution >= 4 is 41.7 Å². The molecule has 0 radical (unpaired) electrons. The molecule has 202 valence electrons. The van der Waals surface area contributed by atoms with E-state index in [0.29, 0.717) is 18.5 Å². The number of nitrogens with one attached hydrogen (secondary N) is 4. The fourth-order valence-electron chi connectivity index (χ4n) is 3.15. The van der Waals surface area contributed by atoms with Crippen LogP contribution < -0.4 is 21.3 Å². The first-order valence-corrected chi connectivity index (χ1v) is 11.6. The maximum Gasteiger partial charge on any atom is 0.289 e. The summed E-state index contributed by atoms with van der Waals surface area (Å²) < 4.78 is 0. The number of carbonyl (C=O) groups is 7. The van der Waals surface area contributed by atoms with E-state index < -0.39 is 48.6 Å². The molecule has 1 aromatic carbocycles. The summed E-state index contributed by atoms with van der Waals surface area (Å²) in [4.78, 5) is 86.4. The van der Waals surface area contributed by atoms with Crippen LogP contribution in [0, 0.1) is 5.92 Å². The average molecular weight is 519 g/mol. The monoisotopic (exact) mass is 518 g/mol. The topological polar surface area (TPSA) is 174 Å². The van der Waals surface area contributed by atoms with E-state index in [0.717, 1.165) is 0 Å². The third-order valence-corrected chi connectivity index (χ3v) is 5.22. The Kier molecular flexibility index (Phi) is 13.0. The Morgan fingerprint density at radius 1 is 0.946 bits per heavy atom. The van der Waals surface area contributed by atoms with Crippen LogP contribution in [0.4, 0.5) is 0 Å². The van der Waals surface area contributed by atoms with Crippen molar-refractivity contribution in [1.82, 2.24) is 31.1 Å². The molecule has 0 fully saturated rings. The minimum atomic E-state index is -1.08. The van der Waals surface area contributed by atoms with E-state index in [9.17, 15) is 33.6 Å². The Morgan fingerprint density at radius 2 is 1.59 bits per heavy atom. The van der Waals surface area contributed by atoms with Crippen molar-refractivity contribution in [3.63, 3.8) is 0 Å². The van der Waals surface area contributed by atoms with Gasteiger partial charge in [-0.3, -0.25) is 33.6 Å². The molecule has 0 aliphatic carbocycles. The molecule has 6 amide bonds. The maximum absolute atomic E-state index is 12.5. The summed E-state index contributed by atoms with van der Waals surface area (Å²) in [6, 6.07) is 7.58. The second kappa shape index (κ2) is 15.7. The van der Waals surface area contributed by atoms with Crippen LogP contribution in [-0.4, -0.2) is 98.3 Å². The summed E-state index contributed by atoms with van der Waals surface area (Å²) >= 11 is 0. The van der Waals surface area contributed by atoms with Crippen molar-refractivity contribution in [2.24, 2.45) is 5.92 Å². The van der Waals surface area contributed by atoms with Gasteiger partial charge in [-0.1, -0.05) is 37.3 Å². The Labute approximate surface area is 215 Å². The van der Waals surface area contributed by atoms with Gasteiger partial charge >= 0.3 is 0 Å². The molecule has 1 aromatic rings. The Hall–Kier alpha value is -4.29. The smallest absolute Gasteiger partial charge is 0.289 e. The number of carbonyl (C=O) groups excluding carboxylic acids is 7. The van der Waals surface area contributed by atoms with Gasteiger partial charge in [-0.05, 0) is 12.5 Å². The number of rotatable bonds is 15. The molecule has 13 heteroatoms. The molecular weight excluding hydrogens is 484 g/mol. The summed E-state index contributed by atoms with van der Waals surface area (Å²) in [5.41, 5.74) is 0.553. The summed E-state index contributed by atoms with van der Waals surface area (Å²) in [6.07, 6.45) is 0.396. The van der Waals surface area contributed by atoms with Crippen LogP contribution in [0.25, 0.3) is 0 Å². The molecule has 37 heavy (non-hydrogen) atoms. The lowest BCUT2D eigenvalue weighted by Gasteiger charge is -2.24. The van der Waals surface area contributed by atoms with Crippen LogP contribution in [0.1, 0.15) is 25.5 Å². The lowest BCUT2D eigenvalue weighted by molar-refractivity contribution is -0.139. The first-order chi connectivity index (χ1) is 17.5. The van der Waals surface area contributed by atoms with Gasteiger partial charge in [0, 0.05) is 27.2 Å². The van der Waals surface area contributed by atoms with Gasteiger partial charge in [0.25, 0.3) is 5.91 Å². The van der Waals surface area contributed by atoms with E-state index in [4.69, 9.17) is 0 Å². The first-order valence-electron chi connectivity index (χ1n) is 11.6. The third-order valence-electron chi connectivity index (χ3n) is 5.22. The van der Waals surface area contributed by atoms with Gasteiger partial charge in [-0.15, -0.1) is 0 Å². The van der Waals surface area contributed by atoms with Gasteiger partial charge in [0.2, 0.25) is 35.8 Å². The second-order valence-corrected chi connectivity index (χ2v) is 8.30. The van der Waals surface area contributed by atoms with Crippen LogP contribution >= 0.6 is 0 Å². The normalized spacial score (nSPS) is 11.8. The Bertz CT molecular complexity index is 983.